The van der Waals surface area contributed by atoms with E-state index >= 15 is 0 Å². The van der Waals surface area contributed by atoms with Crippen molar-refractivity contribution >= 4 is 11.6 Å². The number of ketones is 2. The Bertz CT molecular complexity index is 733. The Morgan fingerprint density at radius 1 is 1.26 bits per heavy atom. The fourth-order valence-corrected chi connectivity index (χ4v) is 5.65. The molecule has 0 spiro atoms. The molecule has 4 unspecified atom stereocenters. The number of rotatable bonds is 1. The summed E-state index contributed by atoms with van der Waals surface area (Å²) in [7, 11) is 0. The molecule has 0 saturated heterocycles. The zero-order valence-electron chi connectivity index (χ0n) is 14.2. The lowest BCUT2D eigenvalue weighted by Gasteiger charge is -2.51. The molecule has 4 aliphatic rings. The van der Waals surface area contributed by atoms with Crippen molar-refractivity contribution in [3.8, 4) is 0 Å². The van der Waals surface area contributed by atoms with Crippen LogP contribution in [0.3, 0.4) is 0 Å². The van der Waals surface area contributed by atoms with Gasteiger partial charge in [0.25, 0.3) is 0 Å². The number of hydrogen-bond acceptors (Lipinski definition) is 2. The average Bonchev–Trinajstić information content (AvgIpc) is 2.85. The van der Waals surface area contributed by atoms with Crippen molar-refractivity contribution < 1.29 is 9.59 Å². The van der Waals surface area contributed by atoms with Gasteiger partial charge in [0.2, 0.25) is 0 Å². The van der Waals surface area contributed by atoms with E-state index in [1.54, 1.807) is 13.0 Å². The summed E-state index contributed by atoms with van der Waals surface area (Å²) < 4.78 is 0. The topological polar surface area (TPSA) is 34.1 Å². The largest absolute Gasteiger partial charge is 0.295 e. The van der Waals surface area contributed by atoms with Crippen LogP contribution < -0.4 is 0 Å². The van der Waals surface area contributed by atoms with Gasteiger partial charge in [-0.1, -0.05) is 36.3 Å². The molecule has 4 rings (SSSR count). The molecule has 0 aromatic carbocycles. The number of carbonyl (C=O) groups excluding carboxylic acids is 2. The Hall–Kier alpha value is -1.70. The molecule has 0 heterocycles. The summed E-state index contributed by atoms with van der Waals surface area (Å²) in [5.41, 5.74) is 3.72. The van der Waals surface area contributed by atoms with Crippen LogP contribution >= 0.6 is 0 Å². The molecule has 0 amide bonds. The van der Waals surface area contributed by atoms with Crippen LogP contribution in [0.1, 0.15) is 46.5 Å². The van der Waals surface area contributed by atoms with Gasteiger partial charge in [0.15, 0.2) is 11.6 Å². The summed E-state index contributed by atoms with van der Waals surface area (Å²) in [5.74, 6) is 1.42. The Morgan fingerprint density at radius 3 is 2.78 bits per heavy atom. The Balaban J connectivity index is 1.77. The van der Waals surface area contributed by atoms with Crippen molar-refractivity contribution in [3.05, 3.63) is 47.1 Å². The predicted molar refractivity (Wildman–Crippen MR) is 90.7 cm³/mol. The van der Waals surface area contributed by atoms with Crippen LogP contribution in [0.4, 0.5) is 0 Å². The van der Waals surface area contributed by atoms with Crippen LogP contribution in [0.15, 0.2) is 47.1 Å². The average molecular weight is 308 g/mol. The summed E-state index contributed by atoms with van der Waals surface area (Å²) >= 11 is 0. The third-order valence-electron chi connectivity index (χ3n) is 6.91. The number of fused-ring (bicyclic) bond motifs is 5. The molecule has 2 nitrogen and oxygen atoms in total. The second kappa shape index (κ2) is 4.66. The molecule has 0 bridgehead atoms. The summed E-state index contributed by atoms with van der Waals surface area (Å²) in [6.07, 6.45) is 14.3. The van der Waals surface area contributed by atoms with Gasteiger partial charge in [0.05, 0.1) is 0 Å². The Morgan fingerprint density at radius 2 is 2.04 bits per heavy atom. The minimum atomic E-state index is -0.0862. The third kappa shape index (κ3) is 1.87. The molecule has 0 N–H and O–H groups in total. The van der Waals surface area contributed by atoms with Crippen molar-refractivity contribution in [3.63, 3.8) is 0 Å². The van der Waals surface area contributed by atoms with Gasteiger partial charge in [-0.15, -0.1) is 0 Å². The smallest absolute Gasteiger partial charge is 0.178 e. The molecule has 0 aromatic heterocycles. The van der Waals surface area contributed by atoms with E-state index in [0.29, 0.717) is 11.8 Å². The van der Waals surface area contributed by atoms with E-state index in [1.165, 1.54) is 11.1 Å². The summed E-state index contributed by atoms with van der Waals surface area (Å²) in [5, 5.41) is 0. The first-order valence-electron chi connectivity index (χ1n) is 8.72. The van der Waals surface area contributed by atoms with E-state index in [-0.39, 0.29) is 22.4 Å². The lowest BCUT2D eigenvalue weighted by Crippen LogP contribution is -2.43. The Labute approximate surface area is 138 Å². The summed E-state index contributed by atoms with van der Waals surface area (Å²) in [4.78, 5) is 23.8. The fourth-order valence-electron chi connectivity index (χ4n) is 5.65. The highest BCUT2D eigenvalue weighted by Gasteiger charge is 2.53. The first kappa shape index (κ1) is 14.9. The maximum Gasteiger partial charge on any atom is 0.178 e. The maximum atomic E-state index is 12.0. The van der Waals surface area contributed by atoms with Crippen molar-refractivity contribution in [2.45, 2.75) is 46.5 Å². The van der Waals surface area contributed by atoms with Crippen molar-refractivity contribution in [1.82, 2.24) is 0 Å². The van der Waals surface area contributed by atoms with Gasteiger partial charge in [-0.3, -0.25) is 9.59 Å². The highest BCUT2D eigenvalue weighted by molar-refractivity contribution is 6.01. The zero-order valence-corrected chi connectivity index (χ0v) is 14.2. The highest BCUT2D eigenvalue weighted by Crippen LogP contribution is 2.62. The van der Waals surface area contributed by atoms with Gasteiger partial charge in [-0.05, 0) is 69.1 Å². The summed E-state index contributed by atoms with van der Waals surface area (Å²) in [6, 6.07) is 0. The standard InChI is InChI=1S/C21H24O2/c1-13(22)17-6-7-18-16-5-4-14-12-15(23)8-10-20(14,2)19(16)9-11-21(17,18)3/h6,8-10,12,16,18H,4-5,7,11H2,1-3H3. The third-order valence-corrected chi connectivity index (χ3v) is 6.91. The molecule has 23 heavy (non-hydrogen) atoms. The normalized spacial score (nSPS) is 41.3. The molecule has 1 saturated carbocycles. The molecular formula is C21H24O2. The maximum absolute atomic E-state index is 12.0. The highest BCUT2D eigenvalue weighted by atomic mass is 16.1. The van der Waals surface area contributed by atoms with Crippen molar-refractivity contribution in [2.24, 2.45) is 22.7 Å². The number of carbonyl (C=O) groups is 2. The van der Waals surface area contributed by atoms with Gasteiger partial charge in [0, 0.05) is 10.8 Å². The summed E-state index contributed by atoms with van der Waals surface area (Å²) in [6.45, 7) is 6.24. The minimum absolute atomic E-state index is 0.00573. The van der Waals surface area contributed by atoms with E-state index in [0.717, 1.165) is 31.3 Å². The first-order valence-corrected chi connectivity index (χ1v) is 8.72. The van der Waals surface area contributed by atoms with Crippen LogP contribution in [-0.4, -0.2) is 11.6 Å². The lowest BCUT2D eigenvalue weighted by molar-refractivity contribution is -0.115. The molecule has 1 fully saturated rings. The first-order chi connectivity index (χ1) is 10.9. The zero-order chi connectivity index (χ0) is 16.4. The number of allylic oxidation sites excluding steroid dienone is 8. The lowest BCUT2D eigenvalue weighted by atomic mass is 9.52. The number of hydrogen-bond donors (Lipinski definition) is 0. The van der Waals surface area contributed by atoms with E-state index in [4.69, 9.17) is 0 Å². The van der Waals surface area contributed by atoms with Crippen LogP contribution in [0.25, 0.3) is 0 Å². The van der Waals surface area contributed by atoms with Gasteiger partial charge in [-0.2, -0.15) is 0 Å². The molecule has 4 atom stereocenters. The minimum Gasteiger partial charge on any atom is -0.295 e. The molecule has 4 aliphatic carbocycles. The molecular weight excluding hydrogens is 284 g/mol. The van der Waals surface area contributed by atoms with Crippen LogP contribution in [0.5, 0.6) is 0 Å². The second-order valence-electron chi connectivity index (χ2n) is 8.05. The molecule has 0 radical (unpaired) electrons. The Kier molecular flexibility index (Phi) is 3.01. The second-order valence-corrected chi connectivity index (χ2v) is 8.05. The van der Waals surface area contributed by atoms with E-state index in [2.05, 4.69) is 32.1 Å². The van der Waals surface area contributed by atoms with E-state index < -0.39 is 0 Å². The van der Waals surface area contributed by atoms with Gasteiger partial charge < -0.3 is 0 Å². The number of Topliss-reactive ketones (excluding diaryl/α,β-unsaturated/α-hetero) is 1. The van der Waals surface area contributed by atoms with Crippen LogP contribution in [0, 0.1) is 22.7 Å². The SMILES string of the molecule is CC(=O)C1=CCC2C3CCC4=CC(=O)C=CC4(C)C3=CCC12C. The monoisotopic (exact) mass is 308 g/mol. The van der Waals surface area contributed by atoms with Gasteiger partial charge in [0.1, 0.15) is 0 Å². The van der Waals surface area contributed by atoms with Crippen molar-refractivity contribution in [1.29, 1.82) is 0 Å². The van der Waals surface area contributed by atoms with E-state index in [1.807, 2.05) is 6.08 Å². The van der Waals surface area contributed by atoms with Crippen molar-refractivity contribution in [2.75, 3.05) is 0 Å². The predicted octanol–water partition coefficient (Wildman–Crippen LogP) is 4.34. The molecule has 0 aliphatic heterocycles. The quantitative estimate of drug-likeness (QED) is 0.675. The van der Waals surface area contributed by atoms with Gasteiger partial charge >= 0.3 is 0 Å². The van der Waals surface area contributed by atoms with Crippen LogP contribution in [-0.2, 0) is 9.59 Å². The van der Waals surface area contributed by atoms with Gasteiger partial charge in [-0.25, -0.2) is 0 Å². The molecule has 2 heteroatoms. The molecule has 0 aromatic rings. The molecule has 120 valence electrons. The fraction of sp³-hybridized carbons (Fsp3) is 0.524. The van der Waals surface area contributed by atoms with E-state index in [9.17, 15) is 9.59 Å². The van der Waals surface area contributed by atoms with Crippen LogP contribution in [0.2, 0.25) is 0 Å².